The first kappa shape index (κ1) is 17.7. The minimum atomic E-state index is -0.934. The molecule has 0 aliphatic carbocycles. The number of nitrogens with zero attached hydrogens (tertiary/aromatic N) is 1. The number of hydrogen-bond acceptors (Lipinski definition) is 4. The van der Waals surface area contributed by atoms with E-state index in [2.05, 4.69) is 5.32 Å². The summed E-state index contributed by atoms with van der Waals surface area (Å²) in [6, 6.07) is 6.71. The van der Waals surface area contributed by atoms with Gasteiger partial charge in [-0.3, -0.25) is 9.69 Å². The van der Waals surface area contributed by atoms with E-state index >= 15 is 0 Å². The molecule has 2 unspecified atom stereocenters. The Morgan fingerprint density at radius 1 is 1.35 bits per heavy atom. The summed E-state index contributed by atoms with van der Waals surface area (Å²) in [5, 5.41) is 13.3. The van der Waals surface area contributed by atoms with Gasteiger partial charge in [-0.05, 0) is 31.0 Å². The minimum Gasteiger partial charge on any atom is -0.389 e. The Morgan fingerprint density at radius 2 is 2.00 bits per heavy atom. The van der Waals surface area contributed by atoms with E-state index in [0.717, 1.165) is 10.5 Å². The molecule has 0 spiro atoms. The molecule has 2 N–H and O–H groups in total. The van der Waals surface area contributed by atoms with Gasteiger partial charge in [0.25, 0.3) is 5.91 Å². The summed E-state index contributed by atoms with van der Waals surface area (Å²) < 4.78 is 5.42. The van der Waals surface area contributed by atoms with Crippen LogP contribution < -0.4 is 5.32 Å². The van der Waals surface area contributed by atoms with Crippen LogP contribution in [0.1, 0.15) is 25.8 Å². The second-order valence-electron chi connectivity index (χ2n) is 5.83. The average molecular weight is 341 g/mol. The number of aliphatic hydroxyl groups excluding tert-OH is 1. The van der Waals surface area contributed by atoms with Crippen LogP contribution in [0.4, 0.5) is 4.79 Å². The van der Waals surface area contributed by atoms with E-state index in [1.807, 2.05) is 19.1 Å². The van der Waals surface area contributed by atoms with Crippen molar-refractivity contribution in [1.29, 1.82) is 0 Å². The molecule has 1 heterocycles. The Hall–Kier alpha value is -1.63. The fourth-order valence-electron chi connectivity index (χ4n) is 2.31. The summed E-state index contributed by atoms with van der Waals surface area (Å²) in [6.45, 7) is 3.77. The van der Waals surface area contributed by atoms with Gasteiger partial charge in [0.1, 0.15) is 5.54 Å². The molecule has 0 aromatic heterocycles. The lowest BCUT2D eigenvalue weighted by atomic mass is 9.99. The molecule has 1 fully saturated rings. The molecular weight excluding hydrogens is 320 g/mol. The molecular formula is C16H21ClN2O4. The molecule has 6 nitrogen and oxygen atoms in total. The van der Waals surface area contributed by atoms with E-state index in [4.69, 9.17) is 16.3 Å². The molecule has 1 aromatic rings. The number of imide groups is 1. The molecule has 3 amide bonds. The maximum absolute atomic E-state index is 12.2. The highest BCUT2D eigenvalue weighted by Crippen LogP contribution is 2.21. The quantitative estimate of drug-likeness (QED) is 0.743. The summed E-state index contributed by atoms with van der Waals surface area (Å²) >= 11 is 5.80. The van der Waals surface area contributed by atoms with E-state index in [9.17, 15) is 14.7 Å². The van der Waals surface area contributed by atoms with Crippen LogP contribution in [0.25, 0.3) is 0 Å². The normalized spacial score (nSPS) is 22.3. The molecule has 1 saturated heterocycles. The first-order chi connectivity index (χ1) is 10.9. The predicted molar refractivity (Wildman–Crippen MR) is 86.1 cm³/mol. The first-order valence-corrected chi connectivity index (χ1v) is 7.88. The number of β-amino-alcohol motifs (C(OH)–C–C–N with tert-alkyl or cyclic N) is 1. The van der Waals surface area contributed by atoms with Crippen molar-refractivity contribution < 1.29 is 19.4 Å². The number of benzene rings is 1. The fourth-order valence-corrected chi connectivity index (χ4v) is 2.44. The maximum Gasteiger partial charge on any atom is 0.325 e. The highest BCUT2D eigenvalue weighted by molar-refractivity contribution is 6.30. The van der Waals surface area contributed by atoms with E-state index in [-0.39, 0.29) is 19.1 Å². The van der Waals surface area contributed by atoms with Crippen molar-refractivity contribution in [1.82, 2.24) is 10.2 Å². The molecule has 23 heavy (non-hydrogen) atoms. The highest BCUT2D eigenvalue weighted by Gasteiger charge is 2.46. The second kappa shape index (κ2) is 7.29. The molecule has 1 aliphatic heterocycles. The Labute approximate surface area is 140 Å². The van der Waals surface area contributed by atoms with Crippen LogP contribution in [-0.2, 0) is 16.1 Å². The molecule has 1 aromatic carbocycles. The zero-order valence-electron chi connectivity index (χ0n) is 13.2. The second-order valence-corrected chi connectivity index (χ2v) is 6.26. The van der Waals surface area contributed by atoms with Crippen molar-refractivity contribution in [3.63, 3.8) is 0 Å². The molecule has 1 aliphatic rings. The van der Waals surface area contributed by atoms with Gasteiger partial charge in [0.2, 0.25) is 0 Å². The Bertz CT molecular complexity index is 578. The van der Waals surface area contributed by atoms with Crippen LogP contribution in [-0.4, -0.2) is 46.7 Å². The van der Waals surface area contributed by atoms with E-state index in [1.165, 1.54) is 0 Å². The number of rotatable bonds is 7. The number of carbonyl (C=O) groups excluding carboxylic acids is 2. The SMILES string of the molecule is CCC1(C)NC(=O)N(CC(O)COCc2ccc(Cl)cc2)C1=O. The van der Waals surface area contributed by atoms with Gasteiger partial charge < -0.3 is 15.2 Å². The monoisotopic (exact) mass is 340 g/mol. The van der Waals surface area contributed by atoms with Gasteiger partial charge in [-0.2, -0.15) is 0 Å². The summed E-state index contributed by atoms with van der Waals surface area (Å²) in [7, 11) is 0. The van der Waals surface area contributed by atoms with Gasteiger partial charge in [-0.15, -0.1) is 0 Å². The van der Waals surface area contributed by atoms with E-state index in [0.29, 0.717) is 18.1 Å². The standard InChI is InChI=1S/C16H21ClN2O4/c1-3-16(2)14(21)19(15(22)18-16)8-13(20)10-23-9-11-4-6-12(17)7-5-11/h4-7,13,20H,3,8-10H2,1-2H3,(H,18,22). The number of amides is 3. The lowest BCUT2D eigenvalue weighted by molar-refractivity contribution is -0.132. The average Bonchev–Trinajstić information content (AvgIpc) is 2.73. The Balaban J connectivity index is 1.80. The van der Waals surface area contributed by atoms with Crippen LogP contribution in [0.15, 0.2) is 24.3 Å². The number of halogens is 1. The lowest BCUT2D eigenvalue weighted by Crippen LogP contribution is -2.44. The van der Waals surface area contributed by atoms with Gasteiger partial charge in [0.15, 0.2) is 0 Å². The third-order valence-corrected chi connectivity index (χ3v) is 4.19. The molecule has 2 atom stereocenters. The van der Waals surface area contributed by atoms with Crippen molar-refractivity contribution in [2.45, 2.75) is 38.5 Å². The summed E-state index contributed by atoms with van der Waals surface area (Å²) in [6.07, 6.45) is -0.437. The molecule has 0 radical (unpaired) electrons. The largest absolute Gasteiger partial charge is 0.389 e. The fraction of sp³-hybridized carbons (Fsp3) is 0.500. The molecule has 0 saturated carbocycles. The zero-order valence-corrected chi connectivity index (χ0v) is 14.0. The first-order valence-electron chi connectivity index (χ1n) is 7.50. The van der Waals surface area contributed by atoms with E-state index in [1.54, 1.807) is 19.1 Å². The van der Waals surface area contributed by atoms with Gasteiger partial charge >= 0.3 is 6.03 Å². The summed E-state index contributed by atoms with van der Waals surface area (Å²) in [5.74, 6) is -0.318. The van der Waals surface area contributed by atoms with Gasteiger partial charge in [-0.1, -0.05) is 30.7 Å². The van der Waals surface area contributed by atoms with Crippen LogP contribution in [0, 0.1) is 0 Å². The topological polar surface area (TPSA) is 78.9 Å². The number of ether oxygens (including phenoxy) is 1. The lowest BCUT2D eigenvalue weighted by Gasteiger charge is -2.21. The van der Waals surface area contributed by atoms with Crippen molar-refractivity contribution in [3.8, 4) is 0 Å². The third kappa shape index (κ3) is 4.22. The molecule has 126 valence electrons. The van der Waals surface area contributed by atoms with Crippen molar-refractivity contribution in [2.24, 2.45) is 0 Å². The van der Waals surface area contributed by atoms with Crippen LogP contribution in [0.3, 0.4) is 0 Å². The third-order valence-electron chi connectivity index (χ3n) is 3.94. The van der Waals surface area contributed by atoms with Crippen LogP contribution >= 0.6 is 11.6 Å². The van der Waals surface area contributed by atoms with E-state index < -0.39 is 17.7 Å². The zero-order chi connectivity index (χ0) is 17.0. The predicted octanol–water partition coefficient (Wildman–Crippen LogP) is 1.94. The smallest absolute Gasteiger partial charge is 0.325 e. The van der Waals surface area contributed by atoms with Crippen LogP contribution in [0.5, 0.6) is 0 Å². The highest BCUT2D eigenvalue weighted by atomic mass is 35.5. The molecule has 2 rings (SSSR count). The van der Waals surface area contributed by atoms with Gasteiger partial charge in [0.05, 0.1) is 25.9 Å². The summed E-state index contributed by atoms with van der Waals surface area (Å²) in [5.41, 5.74) is 0.0381. The maximum atomic E-state index is 12.2. The van der Waals surface area contributed by atoms with Crippen molar-refractivity contribution in [3.05, 3.63) is 34.9 Å². The molecule has 7 heteroatoms. The van der Waals surface area contributed by atoms with Gasteiger partial charge in [0, 0.05) is 5.02 Å². The minimum absolute atomic E-state index is 0.0303. The van der Waals surface area contributed by atoms with Crippen molar-refractivity contribution >= 4 is 23.5 Å². The van der Waals surface area contributed by atoms with Crippen molar-refractivity contribution in [2.75, 3.05) is 13.2 Å². The molecule has 0 bridgehead atoms. The number of hydrogen-bond donors (Lipinski definition) is 2. The Morgan fingerprint density at radius 3 is 2.57 bits per heavy atom. The van der Waals surface area contributed by atoms with Gasteiger partial charge in [-0.25, -0.2) is 4.79 Å². The number of nitrogens with one attached hydrogen (secondary N) is 1. The number of urea groups is 1. The summed E-state index contributed by atoms with van der Waals surface area (Å²) in [4.78, 5) is 25.1. The Kier molecular flexibility index (Phi) is 5.62. The van der Waals surface area contributed by atoms with Crippen LogP contribution in [0.2, 0.25) is 5.02 Å². The number of aliphatic hydroxyl groups is 1. The number of carbonyl (C=O) groups is 2.